The van der Waals surface area contributed by atoms with Crippen molar-refractivity contribution in [2.75, 3.05) is 5.75 Å². The maximum absolute atomic E-state index is 10.7. The van der Waals surface area contributed by atoms with Gasteiger partial charge in [0, 0.05) is 15.2 Å². The van der Waals surface area contributed by atoms with Crippen molar-refractivity contribution in [3.8, 4) is 11.4 Å². The fraction of sp³-hybridized carbons (Fsp3) is 0.308. The Kier molecular flexibility index (Phi) is 3.97. The zero-order valence-electron chi connectivity index (χ0n) is 10.5. The molecule has 0 radical (unpaired) electrons. The number of carbonyl (C=O) groups is 1. The number of benzene rings is 1. The Hall–Kier alpha value is -1.09. The number of carboxylic acids is 1. The zero-order valence-corrected chi connectivity index (χ0v) is 13.5. The van der Waals surface area contributed by atoms with E-state index in [0.717, 1.165) is 24.2 Å². The van der Waals surface area contributed by atoms with Gasteiger partial charge in [-0.1, -0.05) is 23.9 Å². The van der Waals surface area contributed by atoms with Crippen molar-refractivity contribution < 1.29 is 9.90 Å². The van der Waals surface area contributed by atoms with Crippen molar-refractivity contribution in [2.24, 2.45) is 0 Å². The number of nitrogens with zero attached hydrogens (tertiary/aromatic N) is 3. The SMILES string of the molecule is O=C(O)CSc1nnc(-c2ccc(I)cc2)n1C1CC1. The summed E-state index contributed by atoms with van der Waals surface area (Å²) in [6, 6.07) is 8.53. The fourth-order valence-electron chi connectivity index (χ4n) is 1.96. The molecule has 2 aromatic rings. The molecule has 0 unspecified atom stereocenters. The summed E-state index contributed by atoms with van der Waals surface area (Å²) >= 11 is 3.49. The van der Waals surface area contributed by atoms with Gasteiger partial charge in [-0.25, -0.2) is 0 Å². The molecule has 104 valence electrons. The van der Waals surface area contributed by atoms with Crippen LogP contribution in [0.3, 0.4) is 0 Å². The quantitative estimate of drug-likeness (QED) is 0.616. The molecule has 7 heteroatoms. The predicted octanol–water partition coefficient (Wildman–Crippen LogP) is 3.06. The monoisotopic (exact) mass is 401 g/mol. The third-order valence-electron chi connectivity index (χ3n) is 3.00. The Balaban J connectivity index is 1.94. The summed E-state index contributed by atoms with van der Waals surface area (Å²) in [5.74, 6) is 0.00492. The molecule has 1 fully saturated rings. The van der Waals surface area contributed by atoms with Crippen LogP contribution in [-0.4, -0.2) is 31.6 Å². The van der Waals surface area contributed by atoms with E-state index in [1.807, 2.05) is 24.3 Å². The minimum atomic E-state index is -0.837. The molecule has 1 heterocycles. The minimum Gasteiger partial charge on any atom is -0.481 e. The lowest BCUT2D eigenvalue weighted by Crippen LogP contribution is -2.03. The van der Waals surface area contributed by atoms with E-state index in [1.165, 1.54) is 15.3 Å². The van der Waals surface area contributed by atoms with Crippen LogP contribution in [0.5, 0.6) is 0 Å². The van der Waals surface area contributed by atoms with Crippen LogP contribution in [0.1, 0.15) is 18.9 Å². The van der Waals surface area contributed by atoms with Gasteiger partial charge in [0.2, 0.25) is 0 Å². The van der Waals surface area contributed by atoms with Crippen LogP contribution in [0.4, 0.5) is 0 Å². The van der Waals surface area contributed by atoms with Gasteiger partial charge in [0.15, 0.2) is 11.0 Å². The van der Waals surface area contributed by atoms with E-state index in [2.05, 4.69) is 37.4 Å². The molecular weight excluding hydrogens is 389 g/mol. The van der Waals surface area contributed by atoms with Gasteiger partial charge in [0.05, 0.1) is 5.75 Å². The van der Waals surface area contributed by atoms with Crippen molar-refractivity contribution in [3.63, 3.8) is 0 Å². The maximum Gasteiger partial charge on any atom is 0.313 e. The van der Waals surface area contributed by atoms with Gasteiger partial charge in [-0.05, 0) is 47.6 Å². The number of hydrogen-bond donors (Lipinski definition) is 1. The smallest absolute Gasteiger partial charge is 0.313 e. The lowest BCUT2D eigenvalue weighted by molar-refractivity contribution is -0.133. The number of aromatic nitrogens is 3. The van der Waals surface area contributed by atoms with Crippen LogP contribution in [0.25, 0.3) is 11.4 Å². The summed E-state index contributed by atoms with van der Waals surface area (Å²) in [5.41, 5.74) is 1.02. The third kappa shape index (κ3) is 2.98. The van der Waals surface area contributed by atoms with Gasteiger partial charge in [-0.2, -0.15) is 0 Å². The Morgan fingerprint density at radius 1 is 1.35 bits per heavy atom. The fourth-order valence-corrected chi connectivity index (χ4v) is 3.04. The van der Waals surface area contributed by atoms with Crippen molar-refractivity contribution in [1.29, 1.82) is 0 Å². The molecule has 1 aromatic heterocycles. The lowest BCUT2D eigenvalue weighted by atomic mass is 10.2. The molecule has 0 saturated heterocycles. The van der Waals surface area contributed by atoms with Gasteiger partial charge < -0.3 is 5.11 Å². The van der Waals surface area contributed by atoms with Crippen molar-refractivity contribution >= 4 is 40.3 Å². The summed E-state index contributed by atoms with van der Waals surface area (Å²) in [6.45, 7) is 0. The maximum atomic E-state index is 10.7. The average molecular weight is 401 g/mol. The second-order valence-electron chi connectivity index (χ2n) is 4.60. The second kappa shape index (κ2) is 5.72. The van der Waals surface area contributed by atoms with Gasteiger partial charge in [-0.3, -0.25) is 9.36 Å². The number of rotatable bonds is 5. The zero-order chi connectivity index (χ0) is 14.1. The van der Waals surface area contributed by atoms with Gasteiger partial charge in [0.1, 0.15) is 0 Å². The topological polar surface area (TPSA) is 68.0 Å². The van der Waals surface area contributed by atoms with Gasteiger partial charge >= 0.3 is 5.97 Å². The van der Waals surface area contributed by atoms with Crippen molar-refractivity contribution in [2.45, 2.75) is 24.0 Å². The standard InChI is InChI=1S/C13H12IN3O2S/c14-9-3-1-8(2-4-9)12-15-16-13(20-7-11(18)19)17(12)10-5-6-10/h1-4,10H,5-7H2,(H,18,19). The summed E-state index contributed by atoms with van der Waals surface area (Å²) in [6.07, 6.45) is 2.21. The van der Waals surface area contributed by atoms with E-state index in [0.29, 0.717) is 11.2 Å². The Morgan fingerprint density at radius 2 is 2.05 bits per heavy atom. The highest BCUT2D eigenvalue weighted by atomic mass is 127. The highest BCUT2D eigenvalue weighted by Gasteiger charge is 2.30. The minimum absolute atomic E-state index is 0.0114. The first-order valence-corrected chi connectivity index (χ1v) is 8.27. The number of halogens is 1. The molecule has 3 rings (SSSR count). The first-order chi connectivity index (χ1) is 9.65. The van der Waals surface area contributed by atoms with E-state index >= 15 is 0 Å². The van der Waals surface area contributed by atoms with Gasteiger partial charge in [0.25, 0.3) is 0 Å². The first kappa shape index (κ1) is 13.9. The van der Waals surface area contributed by atoms with Crippen LogP contribution in [0, 0.1) is 3.57 Å². The van der Waals surface area contributed by atoms with Crippen LogP contribution < -0.4 is 0 Å². The highest BCUT2D eigenvalue weighted by molar-refractivity contribution is 14.1. The number of aliphatic carboxylic acids is 1. The number of carboxylic acid groups (broad SMARTS) is 1. The summed E-state index contributed by atoms with van der Waals surface area (Å²) in [4.78, 5) is 10.7. The molecule has 0 bridgehead atoms. The molecule has 0 amide bonds. The van der Waals surface area contributed by atoms with Crippen LogP contribution >= 0.6 is 34.4 Å². The molecule has 1 saturated carbocycles. The highest BCUT2D eigenvalue weighted by Crippen LogP contribution is 2.41. The van der Waals surface area contributed by atoms with E-state index in [-0.39, 0.29) is 5.75 Å². The molecule has 1 aromatic carbocycles. The summed E-state index contributed by atoms with van der Waals surface area (Å²) < 4.78 is 3.25. The Morgan fingerprint density at radius 3 is 2.65 bits per heavy atom. The molecule has 1 N–H and O–H groups in total. The molecular formula is C13H12IN3O2S. The van der Waals surface area contributed by atoms with E-state index < -0.39 is 5.97 Å². The van der Waals surface area contributed by atoms with Crippen molar-refractivity contribution in [1.82, 2.24) is 14.8 Å². The molecule has 0 aliphatic heterocycles. The summed E-state index contributed by atoms with van der Waals surface area (Å²) in [7, 11) is 0. The Labute approximate surface area is 133 Å². The largest absolute Gasteiger partial charge is 0.481 e. The van der Waals surface area contributed by atoms with Crippen LogP contribution in [0.15, 0.2) is 29.4 Å². The Bertz CT molecular complexity index is 638. The van der Waals surface area contributed by atoms with Crippen LogP contribution in [-0.2, 0) is 4.79 Å². The number of thioether (sulfide) groups is 1. The van der Waals surface area contributed by atoms with E-state index in [9.17, 15) is 4.79 Å². The molecule has 0 atom stereocenters. The third-order valence-corrected chi connectivity index (χ3v) is 4.65. The molecule has 1 aliphatic rings. The van der Waals surface area contributed by atoms with Gasteiger partial charge in [-0.15, -0.1) is 10.2 Å². The summed E-state index contributed by atoms with van der Waals surface area (Å²) in [5, 5.41) is 17.9. The van der Waals surface area contributed by atoms with Crippen molar-refractivity contribution in [3.05, 3.63) is 27.8 Å². The lowest BCUT2D eigenvalue weighted by Gasteiger charge is -2.08. The first-order valence-electron chi connectivity index (χ1n) is 6.20. The molecule has 1 aliphatic carbocycles. The van der Waals surface area contributed by atoms with Crippen LogP contribution in [0.2, 0.25) is 0 Å². The average Bonchev–Trinajstić information content (AvgIpc) is 3.17. The normalized spacial score (nSPS) is 14.4. The molecule has 5 nitrogen and oxygen atoms in total. The predicted molar refractivity (Wildman–Crippen MR) is 84.8 cm³/mol. The second-order valence-corrected chi connectivity index (χ2v) is 6.78. The molecule has 0 spiro atoms. The van der Waals surface area contributed by atoms with E-state index in [1.54, 1.807) is 0 Å². The molecule has 20 heavy (non-hydrogen) atoms. The number of hydrogen-bond acceptors (Lipinski definition) is 4. The van der Waals surface area contributed by atoms with E-state index in [4.69, 9.17) is 5.11 Å².